The Bertz CT molecular complexity index is 6.00. The number of rotatable bonds is 1. The van der Waals surface area contributed by atoms with Gasteiger partial charge in [-0.25, -0.2) is 0 Å². The molecule has 0 N–H and O–H groups in total. The minimum atomic E-state index is 1.05. The fraction of sp³-hybridized carbons (Fsp3) is 1.00. The van der Waals surface area contributed by atoms with Gasteiger partial charge in [-0.2, -0.15) is 0 Å². The quantitative estimate of drug-likeness (QED) is 0.446. The van der Waals surface area contributed by atoms with E-state index < -0.39 is 0 Å². The van der Waals surface area contributed by atoms with Crippen molar-refractivity contribution in [3.63, 3.8) is 0 Å². The van der Waals surface area contributed by atoms with Gasteiger partial charge in [-0.1, -0.05) is 17.7 Å². The van der Waals surface area contributed by atoms with Gasteiger partial charge in [0.15, 0.2) is 0 Å². The van der Waals surface area contributed by atoms with Crippen molar-refractivity contribution in [1.82, 2.24) is 0 Å². The van der Waals surface area contributed by atoms with E-state index in [1.807, 2.05) is 6.92 Å². The maximum Gasteiger partial charge on any atom is 0.00169 e. The van der Waals surface area contributed by atoms with Crippen LogP contribution in [0.1, 0.15) is 6.92 Å². The summed E-state index contributed by atoms with van der Waals surface area (Å²) in [6, 6.07) is 0. The first-order chi connectivity index (χ1) is 1.91. The molecular weight excluding hydrogens is 88.2 g/mol. The zero-order valence-electron chi connectivity index (χ0n) is 2.52. The highest BCUT2D eigenvalue weighted by Gasteiger charge is 1.58. The van der Waals surface area contributed by atoms with E-state index in [1.54, 1.807) is 0 Å². The predicted octanol–water partition coefficient (Wildman–Crippen LogP) is 1.85. The molecule has 2 heteroatoms. The van der Waals surface area contributed by atoms with Crippen LogP contribution in [0.15, 0.2) is 0 Å². The first kappa shape index (κ1) is 4.70. The third kappa shape index (κ3) is 2.70. The summed E-state index contributed by atoms with van der Waals surface area (Å²) in [6.45, 7) is 2.04. The van der Waals surface area contributed by atoms with Gasteiger partial charge in [0.05, 0.1) is 0 Å². The molecular formula is C2H5S2. The lowest BCUT2D eigenvalue weighted by atomic mass is 11.0. The van der Waals surface area contributed by atoms with Crippen LogP contribution in [0.25, 0.3) is 0 Å². The van der Waals surface area contributed by atoms with Crippen LogP contribution in [-0.2, 0) is 0 Å². The summed E-state index contributed by atoms with van der Waals surface area (Å²) in [7, 11) is 1.44. The number of hydrogen-bond donors (Lipinski definition) is 0. The van der Waals surface area contributed by atoms with Crippen LogP contribution in [-0.4, -0.2) is 5.75 Å². The minimum absolute atomic E-state index is 1.05. The molecule has 4 heavy (non-hydrogen) atoms. The summed E-state index contributed by atoms with van der Waals surface area (Å²) in [5, 5.41) is 0. The molecule has 0 aliphatic heterocycles. The largest absolute Gasteiger partial charge is 0.0820 e. The van der Waals surface area contributed by atoms with Crippen LogP contribution < -0.4 is 0 Å². The van der Waals surface area contributed by atoms with E-state index in [-0.39, 0.29) is 0 Å². The first-order valence-electron chi connectivity index (χ1n) is 1.16. The molecule has 0 aliphatic rings. The Morgan fingerprint density at radius 2 is 2.25 bits per heavy atom. The van der Waals surface area contributed by atoms with Crippen molar-refractivity contribution in [3.8, 4) is 0 Å². The fourth-order valence-electron chi connectivity index (χ4n) is 0. The Kier molecular flexibility index (Phi) is 4.35. The Morgan fingerprint density at radius 1 is 2.00 bits per heavy atom. The van der Waals surface area contributed by atoms with Gasteiger partial charge in [0.25, 0.3) is 0 Å². The second-order valence-electron chi connectivity index (χ2n) is 0.407. The van der Waals surface area contributed by atoms with Crippen LogP contribution in [0.5, 0.6) is 0 Å². The van der Waals surface area contributed by atoms with Crippen molar-refractivity contribution < 1.29 is 0 Å². The van der Waals surface area contributed by atoms with Gasteiger partial charge in [-0.3, -0.25) is 0 Å². The zero-order chi connectivity index (χ0) is 3.41. The molecule has 0 bridgehead atoms. The van der Waals surface area contributed by atoms with Gasteiger partial charge in [0.1, 0.15) is 0 Å². The Balaban J connectivity index is 1.97. The van der Waals surface area contributed by atoms with Crippen molar-refractivity contribution in [2.75, 3.05) is 5.75 Å². The highest BCUT2D eigenvalue weighted by molar-refractivity contribution is 8.68. The average Bonchev–Trinajstić information content (AvgIpc) is 1.37. The van der Waals surface area contributed by atoms with Gasteiger partial charge in [-0.05, 0) is 11.7 Å². The lowest BCUT2D eigenvalue weighted by Gasteiger charge is -1.66. The smallest absolute Gasteiger partial charge is 0.00169 e. The van der Waals surface area contributed by atoms with Crippen molar-refractivity contribution >= 4 is 22.5 Å². The van der Waals surface area contributed by atoms with E-state index in [4.69, 9.17) is 0 Å². The molecule has 0 aromatic heterocycles. The van der Waals surface area contributed by atoms with Gasteiger partial charge in [-0.15, -0.1) is 0 Å². The zero-order valence-corrected chi connectivity index (χ0v) is 4.16. The van der Waals surface area contributed by atoms with E-state index in [0.717, 1.165) is 5.75 Å². The van der Waals surface area contributed by atoms with Crippen molar-refractivity contribution in [2.24, 2.45) is 0 Å². The first-order valence-corrected chi connectivity index (χ1v) is 3.07. The monoisotopic (exact) mass is 93.0 g/mol. The predicted molar refractivity (Wildman–Crippen MR) is 25.7 cm³/mol. The van der Waals surface area contributed by atoms with Gasteiger partial charge in [0.2, 0.25) is 0 Å². The fourth-order valence-corrected chi connectivity index (χ4v) is 0. The molecule has 0 unspecified atom stereocenters. The van der Waals surface area contributed by atoms with Gasteiger partial charge in [0, 0.05) is 5.75 Å². The summed E-state index contributed by atoms with van der Waals surface area (Å²) >= 11 is 4.47. The molecule has 0 aliphatic carbocycles. The molecule has 0 spiro atoms. The highest BCUT2D eigenvalue weighted by Crippen LogP contribution is 2.00. The average molecular weight is 93.2 g/mol. The molecule has 0 saturated heterocycles. The summed E-state index contributed by atoms with van der Waals surface area (Å²) in [4.78, 5) is 0. The normalized spacial score (nSPS) is 7.50. The molecule has 0 nitrogen and oxygen atoms in total. The lowest BCUT2D eigenvalue weighted by Crippen LogP contribution is -1.45. The molecule has 0 rings (SSSR count). The Labute approximate surface area is 35.8 Å². The second-order valence-corrected chi connectivity index (χ2v) is 1.93. The maximum absolute atomic E-state index is 4.47. The van der Waals surface area contributed by atoms with E-state index in [2.05, 4.69) is 11.7 Å². The summed E-state index contributed by atoms with van der Waals surface area (Å²) in [5.74, 6) is 1.05. The summed E-state index contributed by atoms with van der Waals surface area (Å²) in [6.07, 6.45) is 0. The lowest BCUT2D eigenvalue weighted by molar-refractivity contribution is 1.54. The molecule has 0 saturated carbocycles. The topological polar surface area (TPSA) is 0 Å². The molecule has 0 atom stereocenters. The standard InChI is InChI=1S/C2H5S2/c1-2-4-3/h2H2,1H3. The molecule has 0 heterocycles. The van der Waals surface area contributed by atoms with Crippen LogP contribution >= 0.6 is 22.5 Å². The maximum atomic E-state index is 4.47. The van der Waals surface area contributed by atoms with E-state index in [9.17, 15) is 0 Å². The molecule has 0 aromatic rings. The van der Waals surface area contributed by atoms with Gasteiger partial charge < -0.3 is 0 Å². The molecule has 1 radical (unpaired) electrons. The van der Waals surface area contributed by atoms with Gasteiger partial charge >= 0.3 is 0 Å². The number of hydrogen-bond acceptors (Lipinski definition) is 1. The summed E-state index contributed by atoms with van der Waals surface area (Å²) < 4.78 is 0. The third-order valence-corrected chi connectivity index (χ3v) is 1.06. The van der Waals surface area contributed by atoms with E-state index >= 15 is 0 Å². The highest BCUT2D eigenvalue weighted by atomic mass is 33.1. The summed E-state index contributed by atoms with van der Waals surface area (Å²) in [5.41, 5.74) is 0. The van der Waals surface area contributed by atoms with E-state index in [0.29, 0.717) is 0 Å². The van der Waals surface area contributed by atoms with Crippen molar-refractivity contribution in [2.45, 2.75) is 6.92 Å². The van der Waals surface area contributed by atoms with Crippen LogP contribution in [0.2, 0.25) is 0 Å². The van der Waals surface area contributed by atoms with E-state index in [1.165, 1.54) is 10.8 Å². The van der Waals surface area contributed by atoms with Crippen molar-refractivity contribution in [3.05, 3.63) is 0 Å². The molecule has 0 amide bonds. The third-order valence-electron chi connectivity index (χ3n) is 0.118. The molecule has 0 fully saturated rings. The molecule has 25 valence electrons. The van der Waals surface area contributed by atoms with Crippen molar-refractivity contribution in [1.29, 1.82) is 0 Å². The van der Waals surface area contributed by atoms with Crippen LogP contribution in [0.3, 0.4) is 0 Å². The Morgan fingerprint density at radius 3 is 2.25 bits per heavy atom. The SMILES string of the molecule is CCS[S]. The Hall–Kier alpha value is 0.700. The minimum Gasteiger partial charge on any atom is -0.0820 e. The molecule has 0 aromatic carbocycles. The van der Waals surface area contributed by atoms with Crippen LogP contribution in [0.4, 0.5) is 0 Å². The van der Waals surface area contributed by atoms with Crippen LogP contribution in [0, 0.1) is 0 Å². The second kappa shape index (κ2) is 3.70.